The predicted molar refractivity (Wildman–Crippen MR) is 229 cm³/mol. The Labute approximate surface area is 345 Å². The zero-order valence-electron chi connectivity index (χ0n) is 36.4. The number of ether oxygens (including phenoxy) is 1. The SMILES string of the molecule is COc1c(-c2cc(C(=O)N[C@@H](Cc3ccccc3)CN(C)C)cc(N(C)C)c2)ccc(F)c1CN1O[C@@H](CN)[C@@H]([C@H](C)O)[C@H]1C(=O)N[C@H]1C[C@@H](C)C(C)(C)[C@@H](C)[C@@H]1C. The Balaban J connectivity index is 1.49. The zero-order valence-corrected chi connectivity index (χ0v) is 36.4. The summed E-state index contributed by atoms with van der Waals surface area (Å²) in [7, 11) is 9.24. The molecule has 2 aliphatic rings. The van der Waals surface area contributed by atoms with E-state index in [1.807, 2.05) is 63.4 Å². The number of rotatable bonds is 15. The smallest absolute Gasteiger partial charge is 0.251 e. The lowest BCUT2D eigenvalue weighted by atomic mass is 9.58. The lowest BCUT2D eigenvalue weighted by Gasteiger charge is -2.50. The van der Waals surface area contributed by atoms with Crippen LogP contribution in [0.5, 0.6) is 5.75 Å². The summed E-state index contributed by atoms with van der Waals surface area (Å²) in [6.07, 6.45) is -0.132. The molecular formula is C46H67FN6O5. The molecule has 58 heavy (non-hydrogen) atoms. The van der Waals surface area contributed by atoms with Crippen LogP contribution in [0, 0.1) is 34.9 Å². The number of hydrogen-bond donors (Lipinski definition) is 4. The molecule has 3 aromatic carbocycles. The van der Waals surface area contributed by atoms with E-state index < -0.39 is 30.0 Å². The zero-order chi connectivity index (χ0) is 42.6. The molecule has 12 heteroatoms. The second-order valence-corrected chi connectivity index (χ2v) is 17.8. The van der Waals surface area contributed by atoms with Crippen LogP contribution >= 0.6 is 0 Å². The second-order valence-electron chi connectivity index (χ2n) is 17.8. The number of aliphatic hydroxyl groups is 1. The molecular weight excluding hydrogens is 736 g/mol. The fourth-order valence-electron chi connectivity index (χ4n) is 9.05. The summed E-state index contributed by atoms with van der Waals surface area (Å²) < 4.78 is 22.1. The maximum atomic E-state index is 16.2. The first-order chi connectivity index (χ1) is 27.4. The number of halogens is 1. The van der Waals surface area contributed by atoms with Crippen LogP contribution in [-0.4, -0.2) is 106 Å². The number of benzene rings is 3. The number of hydroxylamine groups is 2. The quantitative estimate of drug-likeness (QED) is 0.152. The first-order valence-electron chi connectivity index (χ1n) is 20.7. The topological polar surface area (TPSA) is 133 Å². The van der Waals surface area contributed by atoms with Crippen LogP contribution < -0.4 is 26.0 Å². The molecule has 1 saturated heterocycles. The average molecular weight is 803 g/mol. The number of carbonyl (C=O) groups is 2. The van der Waals surface area contributed by atoms with Crippen molar-refractivity contribution in [2.45, 2.75) is 91.3 Å². The van der Waals surface area contributed by atoms with Crippen LogP contribution in [0.25, 0.3) is 11.1 Å². The molecule has 0 bridgehead atoms. The summed E-state index contributed by atoms with van der Waals surface area (Å²) >= 11 is 0. The van der Waals surface area contributed by atoms with E-state index in [2.05, 4.69) is 62.3 Å². The van der Waals surface area contributed by atoms with Gasteiger partial charge >= 0.3 is 0 Å². The Hall–Kier alpha value is -4.07. The molecule has 2 fully saturated rings. The number of aliphatic hydroxyl groups excluding tert-OH is 1. The molecule has 0 unspecified atom stereocenters. The largest absolute Gasteiger partial charge is 0.496 e. The lowest BCUT2D eigenvalue weighted by Crippen LogP contribution is -2.57. The van der Waals surface area contributed by atoms with Crippen molar-refractivity contribution in [3.8, 4) is 16.9 Å². The monoisotopic (exact) mass is 803 g/mol. The van der Waals surface area contributed by atoms with Crippen molar-refractivity contribution in [1.82, 2.24) is 20.6 Å². The molecule has 1 aliphatic heterocycles. The van der Waals surface area contributed by atoms with Crippen molar-refractivity contribution in [1.29, 1.82) is 0 Å². The number of anilines is 1. The highest BCUT2D eigenvalue weighted by molar-refractivity contribution is 5.97. The summed E-state index contributed by atoms with van der Waals surface area (Å²) in [5, 5.41) is 19.1. The molecule has 0 radical (unpaired) electrons. The Morgan fingerprint density at radius 2 is 1.76 bits per heavy atom. The highest BCUT2D eigenvalue weighted by atomic mass is 19.1. The van der Waals surface area contributed by atoms with E-state index in [1.54, 1.807) is 19.1 Å². The Morgan fingerprint density at radius 3 is 2.36 bits per heavy atom. The molecule has 11 nitrogen and oxygen atoms in total. The van der Waals surface area contributed by atoms with Crippen molar-refractivity contribution >= 4 is 17.5 Å². The molecule has 0 spiro atoms. The second kappa shape index (κ2) is 18.9. The fourth-order valence-corrected chi connectivity index (χ4v) is 9.05. The van der Waals surface area contributed by atoms with Gasteiger partial charge in [0.05, 0.1) is 25.9 Å². The maximum absolute atomic E-state index is 16.2. The standard InChI is InChI=1S/C46H67FN6O5/c1-27-19-39(28(2)29(3)46(27,5)6)50-45(56)42-41(30(4)54)40(24-48)58-53(42)26-37-38(47)18-17-36(43(37)57-11)32-21-33(23-35(22-32)52(9)10)44(55)49-34(25-51(7)8)20-31-15-13-12-14-16-31/h12-18,21-23,27-30,34,39-42,54H,19-20,24-26,48H2,1-11H3,(H,49,55)(H,50,56)/t27-,28+,29+,30+,34+,39+,40+,41-,42+/m1/s1. The van der Waals surface area contributed by atoms with E-state index >= 15 is 4.39 Å². The summed E-state index contributed by atoms with van der Waals surface area (Å²) in [6.45, 7) is 13.4. The Bertz CT molecular complexity index is 1870. The lowest BCUT2D eigenvalue weighted by molar-refractivity contribution is -0.175. The third kappa shape index (κ3) is 9.85. The molecule has 9 atom stereocenters. The van der Waals surface area contributed by atoms with Crippen molar-refractivity contribution in [2.75, 3.05) is 53.3 Å². The number of amides is 2. The third-order valence-corrected chi connectivity index (χ3v) is 13.2. The molecule has 1 saturated carbocycles. The van der Waals surface area contributed by atoms with Crippen molar-refractivity contribution < 1.29 is 28.7 Å². The first kappa shape index (κ1) is 45.0. The first-order valence-corrected chi connectivity index (χ1v) is 20.7. The van der Waals surface area contributed by atoms with Crippen molar-refractivity contribution in [2.24, 2.45) is 34.8 Å². The average Bonchev–Trinajstić information content (AvgIpc) is 3.55. The van der Waals surface area contributed by atoms with Gasteiger partial charge in [-0.2, -0.15) is 5.06 Å². The molecule has 1 aliphatic carbocycles. The van der Waals surface area contributed by atoms with Gasteiger partial charge in [-0.25, -0.2) is 4.39 Å². The molecule has 5 N–H and O–H groups in total. The van der Waals surface area contributed by atoms with Gasteiger partial charge in [0, 0.05) is 67.6 Å². The van der Waals surface area contributed by atoms with Gasteiger partial charge in [-0.3, -0.25) is 14.4 Å². The maximum Gasteiger partial charge on any atom is 0.251 e. The molecule has 3 aromatic rings. The van der Waals surface area contributed by atoms with Gasteiger partial charge in [0.15, 0.2) is 0 Å². The minimum absolute atomic E-state index is 0.0561. The van der Waals surface area contributed by atoms with Gasteiger partial charge in [-0.15, -0.1) is 0 Å². The van der Waals surface area contributed by atoms with Crippen molar-refractivity contribution in [3.05, 3.63) is 83.2 Å². The van der Waals surface area contributed by atoms with E-state index in [1.165, 1.54) is 18.2 Å². The van der Waals surface area contributed by atoms with Crippen molar-refractivity contribution in [3.63, 3.8) is 0 Å². The minimum atomic E-state index is -0.951. The Kier molecular flexibility index (Phi) is 14.7. The van der Waals surface area contributed by atoms with Crippen LogP contribution in [0.3, 0.4) is 0 Å². The normalized spacial score (nSPS) is 25.6. The Morgan fingerprint density at radius 1 is 1.07 bits per heavy atom. The number of likely N-dealkylation sites (N-methyl/N-ethyl adjacent to an activating group) is 1. The van der Waals surface area contributed by atoms with Crippen LogP contribution in [-0.2, 0) is 22.6 Å². The van der Waals surface area contributed by atoms with E-state index in [-0.39, 0.29) is 59.6 Å². The molecule has 318 valence electrons. The summed E-state index contributed by atoms with van der Waals surface area (Å²) in [5.41, 5.74) is 10.0. The molecule has 2 amide bonds. The molecule has 5 rings (SSSR count). The van der Waals surface area contributed by atoms with Gasteiger partial charge in [0.1, 0.15) is 17.6 Å². The van der Waals surface area contributed by atoms with E-state index in [9.17, 15) is 14.7 Å². The van der Waals surface area contributed by atoms with Crippen LogP contribution in [0.4, 0.5) is 10.1 Å². The highest BCUT2D eigenvalue weighted by Gasteiger charge is 2.51. The predicted octanol–water partition coefficient (Wildman–Crippen LogP) is 5.73. The van der Waals surface area contributed by atoms with E-state index in [4.69, 9.17) is 15.3 Å². The van der Waals surface area contributed by atoms with Gasteiger partial charge in [-0.1, -0.05) is 65.0 Å². The van der Waals surface area contributed by atoms with Crippen LogP contribution in [0.2, 0.25) is 0 Å². The van der Waals surface area contributed by atoms with Crippen LogP contribution in [0.15, 0.2) is 60.7 Å². The summed E-state index contributed by atoms with van der Waals surface area (Å²) in [4.78, 5) is 38.7. The number of nitrogens with zero attached hydrogens (tertiary/aromatic N) is 3. The fraction of sp³-hybridized carbons (Fsp3) is 0.565. The van der Waals surface area contributed by atoms with Gasteiger partial charge in [0.2, 0.25) is 5.91 Å². The number of methoxy groups -OCH3 is 1. The number of nitrogens with one attached hydrogen (secondary N) is 2. The van der Waals surface area contributed by atoms with E-state index in [0.29, 0.717) is 41.5 Å². The van der Waals surface area contributed by atoms with Gasteiger partial charge < -0.3 is 36.0 Å². The van der Waals surface area contributed by atoms with E-state index in [0.717, 1.165) is 17.7 Å². The van der Waals surface area contributed by atoms with Crippen LogP contribution in [0.1, 0.15) is 69.4 Å². The number of carbonyl (C=O) groups excluding carboxylic acids is 2. The number of hydrogen-bond acceptors (Lipinski definition) is 9. The number of nitrogens with two attached hydrogens (primary N) is 1. The third-order valence-electron chi connectivity index (χ3n) is 13.2. The molecule has 1 heterocycles. The summed E-state index contributed by atoms with van der Waals surface area (Å²) in [5.74, 6) is -0.548. The van der Waals surface area contributed by atoms with Gasteiger partial charge in [-0.05, 0) is 98.5 Å². The summed E-state index contributed by atoms with van der Waals surface area (Å²) in [6, 6.07) is 17.5. The minimum Gasteiger partial charge on any atom is -0.496 e. The highest BCUT2D eigenvalue weighted by Crippen LogP contribution is 2.48. The molecule has 0 aromatic heterocycles. The van der Waals surface area contributed by atoms with Gasteiger partial charge in [0.25, 0.3) is 5.91 Å².